The molecule has 0 saturated heterocycles. The number of carbonyl (C=O) groups is 1. The summed E-state index contributed by atoms with van der Waals surface area (Å²) in [6.07, 6.45) is 0.788. The summed E-state index contributed by atoms with van der Waals surface area (Å²) in [7, 11) is 1.80. The molecule has 1 atom stereocenters. The summed E-state index contributed by atoms with van der Waals surface area (Å²) in [6, 6.07) is 5.88. The Morgan fingerprint density at radius 1 is 1.50 bits per heavy atom. The van der Waals surface area contributed by atoms with Gasteiger partial charge < -0.3 is 21.1 Å². The molecule has 4 N–H and O–H groups in total. The molecule has 0 bridgehead atoms. The van der Waals surface area contributed by atoms with Crippen LogP contribution in [0.5, 0.6) is 0 Å². The van der Waals surface area contributed by atoms with E-state index in [0.717, 1.165) is 23.4 Å². The van der Waals surface area contributed by atoms with Crippen molar-refractivity contribution in [1.29, 1.82) is 0 Å². The first-order chi connectivity index (χ1) is 8.61. The second-order valence-electron chi connectivity index (χ2n) is 4.57. The maximum atomic E-state index is 11.6. The highest BCUT2D eigenvalue weighted by molar-refractivity contribution is 5.96. The summed E-state index contributed by atoms with van der Waals surface area (Å²) in [5, 5.41) is 12.5. The molecule has 1 aliphatic heterocycles. The molecule has 0 fully saturated rings. The largest absolute Gasteiger partial charge is 0.390 e. The molecule has 98 valence electrons. The molecule has 18 heavy (non-hydrogen) atoms. The van der Waals surface area contributed by atoms with E-state index in [1.165, 1.54) is 0 Å². The zero-order valence-corrected chi connectivity index (χ0v) is 10.5. The lowest BCUT2D eigenvalue weighted by molar-refractivity contribution is -0.118. The van der Waals surface area contributed by atoms with Gasteiger partial charge in [-0.2, -0.15) is 0 Å². The number of nitrogens with zero attached hydrogens (tertiary/aromatic N) is 1. The van der Waals surface area contributed by atoms with Crippen LogP contribution in [0, 0.1) is 0 Å². The number of rotatable bonds is 4. The molecule has 1 amide bonds. The number of anilines is 2. The number of aliphatic hydroxyl groups excluding tert-OH is 1. The molecule has 0 aromatic heterocycles. The molecule has 0 spiro atoms. The van der Waals surface area contributed by atoms with Crippen LogP contribution < -0.4 is 16.0 Å². The van der Waals surface area contributed by atoms with E-state index < -0.39 is 6.10 Å². The van der Waals surface area contributed by atoms with Crippen LogP contribution in [0.1, 0.15) is 12.0 Å². The maximum absolute atomic E-state index is 11.6. The fourth-order valence-electron chi connectivity index (χ4n) is 2.09. The summed E-state index contributed by atoms with van der Waals surface area (Å²) in [6.45, 7) is 0.680. The number of aliphatic hydroxyl groups is 1. The van der Waals surface area contributed by atoms with Gasteiger partial charge in [0.15, 0.2) is 0 Å². The number of amides is 1. The van der Waals surface area contributed by atoms with Crippen LogP contribution in [0.3, 0.4) is 0 Å². The van der Waals surface area contributed by atoms with Gasteiger partial charge in [0.05, 0.1) is 6.10 Å². The van der Waals surface area contributed by atoms with Crippen molar-refractivity contribution < 1.29 is 9.90 Å². The van der Waals surface area contributed by atoms with Crippen LogP contribution in [0.2, 0.25) is 0 Å². The fraction of sp³-hybridized carbons (Fsp3) is 0.462. The van der Waals surface area contributed by atoms with Crippen molar-refractivity contribution in [3.63, 3.8) is 0 Å². The van der Waals surface area contributed by atoms with Crippen molar-refractivity contribution >= 4 is 17.3 Å². The van der Waals surface area contributed by atoms with Crippen LogP contribution in [0.15, 0.2) is 18.2 Å². The average Bonchev–Trinajstić information content (AvgIpc) is 2.40. The van der Waals surface area contributed by atoms with Gasteiger partial charge in [-0.1, -0.05) is 0 Å². The van der Waals surface area contributed by atoms with Crippen LogP contribution in [0.4, 0.5) is 11.4 Å². The molecule has 0 aliphatic carbocycles. The molecule has 2 rings (SSSR count). The van der Waals surface area contributed by atoms with E-state index in [1.807, 2.05) is 18.2 Å². The van der Waals surface area contributed by atoms with Gasteiger partial charge in [-0.3, -0.25) is 4.79 Å². The standard InChI is InChI=1S/C13H19N3O2/c1-16-12-4-3-10(15-8-11(17)7-14)6-9(12)2-5-13(16)18/h3-4,6,11,15,17H,2,5,7-8,14H2,1H3. The number of nitrogens with two attached hydrogens (primary N) is 1. The smallest absolute Gasteiger partial charge is 0.227 e. The van der Waals surface area contributed by atoms with E-state index in [-0.39, 0.29) is 12.5 Å². The summed E-state index contributed by atoms with van der Waals surface area (Å²) >= 11 is 0. The number of nitrogens with one attached hydrogen (secondary N) is 1. The van der Waals surface area contributed by atoms with Crippen molar-refractivity contribution in [2.75, 3.05) is 30.4 Å². The van der Waals surface area contributed by atoms with Gasteiger partial charge in [0.1, 0.15) is 0 Å². The second-order valence-corrected chi connectivity index (χ2v) is 4.57. The third-order valence-electron chi connectivity index (χ3n) is 3.24. The van der Waals surface area contributed by atoms with E-state index in [4.69, 9.17) is 5.73 Å². The second kappa shape index (κ2) is 5.37. The van der Waals surface area contributed by atoms with Gasteiger partial charge in [-0.05, 0) is 30.2 Å². The number of fused-ring (bicyclic) bond motifs is 1. The Morgan fingerprint density at radius 2 is 2.28 bits per heavy atom. The minimum atomic E-state index is -0.537. The van der Waals surface area contributed by atoms with Crippen LogP contribution in [0.25, 0.3) is 0 Å². The molecule has 1 aromatic carbocycles. The van der Waals surface area contributed by atoms with Gasteiger partial charge >= 0.3 is 0 Å². The van der Waals surface area contributed by atoms with E-state index >= 15 is 0 Å². The molecule has 0 radical (unpaired) electrons. The number of aryl methyl sites for hydroxylation is 1. The summed E-state index contributed by atoms with van der Waals surface area (Å²) in [5.41, 5.74) is 8.42. The number of hydrogen-bond donors (Lipinski definition) is 3. The quantitative estimate of drug-likeness (QED) is 0.718. The number of carbonyl (C=O) groups excluding carboxylic acids is 1. The molecule has 0 saturated carbocycles. The van der Waals surface area contributed by atoms with E-state index in [2.05, 4.69) is 5.32 Å². The van der Waals surface area contributed by atoms with Gasteiger partial charge in [0, 0.05) is 37.9 Å². The van der Waals surface area contributed by atoms with E-state index in [1.54, 1.807) is 11.9 Å². The SMILES string of the molecule is CN1C(=O)CCc2cc(NCC(O)CN)ccc21. The van der Waals surface area contributed by atoms with E-state index in [0.29, 0.717) is 13.0 Å². The Labute approximate surface area is 107 Å². The van der Waals surface area contributed by atoms with Crippen LogP contribution in [-0.2, 0) is 11.2 Å². The Balaban J connectivity index is 2.10. The topological polar surface area (TPSA) is 78.6 Å². The molecular weight excluding hydrogens is 230 g/mol. The zero-order valence-electron chi connectivity index (χ0n) is 10.5. The first-order valence-electron chi connectivity index (χ1n) is 6.13. The number of hydrogen-bond acceptors (Lipinski definition) is 4. The van der Waals surface area contributed by atoms with Gasteiger partial charge in [-0.25, -0.2) is 0 Å². The Morgan fingerprint density at radius 3 is 3.00 bits per heavy atom. The third-order valence-corrected chi connectivity index (χ3v) is 3.24. The Hall–Kier alpha value is -1.59. The number of benzene rings is 1. The normalized spacial score (nSPS) is 16.4. The Kier molecular flexibility index (Phi) is 3.84. The average molecular weight is 249 g/mol. The van der Waals surface area contributed by atoms with Crippen molar-refractivity contribution in [1.82, 2.24) is 0 Å². The Bertz CT molecular complexity index is 448. The first-order valence-corrected chi connectivity index (χ1v) is 6.13. The van der Waals surface area contributed by atoms with Crippen LogP contribution in [-0.4, -0.2) is 37.3 Å². The van der Waals surface area contributed by atoms with Gasteiger partial charge in [-0.15, -0.1) is 0 Å². The highest BCUT2D eigenvalue weighted by atomic mass is 16.3. The van der Waals surface area contributed by atoms with Crippen LogP contribution >= 0.6 is 0 Å². The van der Waals surface area contributed by atoms with Crippen molar-refractivity contribution in [3.8, 4) is 0 Å². The lowest BCUT2D eigenvalue weighted by Gasteiger charge is -2.26. The predicted molar refractivity (Wildman–Crippen MR) is 71.7 cm³/mol. The van der Waals surface area contributed by atoms with Crippen molar-refractivity contribution in [3.05, 3.63) is 23.8 Å². The minimum Gasteiger partial charge on any atom is -0.390 e. The summed E-state index contributed by atoms with van der Waals surface area (Å²) in [5.74, 6) is 0.154. The fourth-order valence-corrected chi connectivity index (χ4v) is 2.09. The van der Waals surface area contributed by atoms with Crippen molar-refractivity contribution in [2.24, 2.45) is 5.73 Å². The minimum absolute atomic E-state index is 0.154. The molecule has 5 nitrogen and oxygen atoms in total. The lowest BCUT2D eigenvalue weighted by atomic mass is 10.0. The van der Waals surface area contributed by atoms with Gasteiger partial charge in [0.2, 0.25) is 5.91 Å². The monoisotopic (exact) mass is 249 g/mol. The molecule has 1 heterocycles. The first kappa shape index (κ1) is 12.9. The summed E-state index contributed by atoms with van der Waals surface area (Å²) in [4.78, 5) is 13.3. The molecule has 1 aromatic rings. The highest BCUT2D eigenvalue weighted by Crippen LogP contribution is 2.29. The highest BCUT2D eigenvalue weighted by Gasteiger charge is 2.20. The molecular formula is C13H19N3O2. The van der Waals surface area contributed by atoms with E-state index in [9.17, 15) is 9.90 Å². The van der Waals surface area contributed by atoms with Crippen molar-refractivity contribution in [2.45, 2.75) is 18.9 Å². The molecule has 1 aliphatic rings. The summed E-state index contributed by atoms with van der Waals surface area (Å²) < 4.78 is 0. The maximum Gasteiger partial charge on any atom is 0.227 e. The van der Waals surface area contributed by atoms with Gasteiger partial charge in [0.25, 0.3) is 0 Å². The zero-order chi connectivity index (χ0) is 13.1. The third kappa shape index (κ3) is 2.63. The molecule has 5 heteroatoms. The predicted octanol–water partition coefficient (Wildman–Crippen LogP) is 0.327. The molecule has 1 unspecified atom stereocenters. The lowest BCUT2D eigenvalue weighted by Crippen LogP contribution is -2.31.